The van der Waals surface area contributed by atoms with E-state index in [0.29, 0.717) is 35.6 Å². The number of ether oxygens (including phenoxy) is 1. The molecule has 0 saturated carbocycles. The minimum absolute atomic E-state index is 0.127. The van der Waals surface area contributed by atoms with Gasteiger partial charge in [-0.3, -0.25) is 9.69 Å². The Morgan fingerprint density at radius 2 is 1.88 bits per heavy atom. The molecule has 0 spiro atoms. The lowest BCUT2D eigenvalue weighted by molar-refractivity contribution is 0.0568. The Balaban J connectivity index is 2.86. The molecule has 1 aromatic rings. The smallest absolute Gasteiger partial charge is 0.251 e. The highest BCUT2D eigenvalue weighted by Crippen LogP contribution is 2.30. The van der Waals surface area contributed by atoms with Crippen molar-refractivity contribution in [3.8, 4) is 0 Å². The molecular weight excluding hydrogens is 531 g/mol. The van der Waals surface area contributed by atoms with Gasteiger partial charge in [-0.05, 0) is 82.4 Å². The molecule has 4 nitrogen and oxygen atoms in total. The molecule has 0 aliphatic rings. The first-order valence-electron chi connectivity index (χ1n) is 15.5. The Hall–Kier alpha value is -1.89. The molecule has 1 rings (SSSR count). The molecule has 232 valence electrons. The molecular formula is C35H57FN2O2S. The predicted molar refractivity (Wildman–Crippen MR) is 179 cm³/mol. The van der Waals surface area contributed by atoms with E-state index in [1.807, 2.05) is 13.0 Å². The van der Waals surface area contributed by atoms with Gasteiger partial charge in [0, 0.05) is 53.7 Å². The van der Waals surface area contributed by atoms with Crippen LogP contribution in [0.2, 0.25) is 0 Å². The lowest BCUT2D eigenvalue weighted by Gasteiger charge is -2.34. The number of aryl methyl sites for hydroxylation is 1. The zero-order valence-electron chi connectivity index (χ0n) is 27.2. The Kier molecular flexibility index (Phi) is 16.9. The van der Waals surface area contributed by atoms with Crippen molar-refractivity contribution in [3.63, 3.8) is 0 Å². The Bertz CT molecular complexity index is 1070. The number of allylic oxidation sites excluding steroid dienone is 4. The van der Waals surface area contributed by atoms with E-state index in [9.17, 15) is 9.18 Å². The highest BCUT2D eigenvalue weighted by atomic mass is 32.1. The molecule has 1 aromatic heterocycles. The van der Waals surface area contributed by atoms with Crippen LogP contribution in [-0.4, -0.2) is 46.6 Å². The summed E-state index contributed by atoms with van der Waals surface area (Å²) in [6.07, 6.45) is 10.8. The SMILES string of the molecule is C=C(F)/C=C\C(=C)Cc1cc(C)c(C(C)(C)CCC(=S)CN(CC(C)C)[C@H](CC)CCC[C@@H](C)OCCC)[nH]c1=O. The number of H-pyrrole nitrogens is 1. The van der Waals surface area contributed by atoms with Gasteiger partial charge in [0.15, 0.2) is 0 Å². The van der Waals surface area contributed by atoms with E-state index in [0.717, 1.165) is 80.8 Å². The fourth-order valence-electron chi connectivity index (χ4n) is 5.42. The van der Waals surface area contributed by atoms with Crippen LogP contribution in [0, 0.1) is 12.8 Å². The first-order valence-corrected chi connectivity index (χ1v) is 15.9. The number of pyridine rings is 1. The van der Waals surface area contributed by atoms with Gasteiger partial charge in [-0.15, -0.1) is 0 Å². The molecule has 0 saturated heterocycles. The van der Waals surface area contributed by atoms with Crippen molar-refractivity contribution in [1.82, 2.24) is 9.88 Å². The second-order valence-electron chi connectivity index (χ2n) is 12.7. The average molecular weight is 589 g/mol. The van der Waals surface area contributed by atoms with Crippen LogP contribution in [0.3, 0.4) is 0 Å². The Morgan fingerprint density at radius 1 is 1.20 bits per heavy atom. The second-order valence-corrected chi connectivity index (χ2v) is 13.3. The zero-order chi connectivity index (χ0) is 31.2. The lowest BCUT2D eigenvalue weighted by atomic mass is 9.81. The largest absolute Gasteiger partial charge is 0.379 e. The molecule has 0 amide bonds. The van der Waals surface area contributed by atoms with Crippen molar-refractivity contribution in [1.29, 1.82) is 0 Å². The minimum Gasteiger partial charge on any atom is -0.379 e. The number of thiocarbonyl (C=S) groups is 1. The summed E-state index contributed by atoms with van der Waals surface area (Å²) in [6.45, 7) is 27.4. The van der Waals surface area contributed by atoms with Crippen molar-refractivity contribution < 1.29 is 9.13 Å². The van der Waals surface area contributed by atoms with E-state index < -0.39 is 5.83 Å². The van der Waals surface area contributed by atoms with E-state index in [1.165, 1.54) is 6.08 Å². The molecule has 1 N–H and O–H groups in total. The van der Waals surface area contributed by atoms with Gasteiger partial charge >= 0.3 is 0 Å². The molecule has 6 heteroatoms. The van der Waals surface area contributed by atoms with Gasteiger partial charge < -0.3 is 9.72 Å². The standard InChI is InChI=1S/C35H57FN2O2S/c1-11-20-40-29(8)14-13-15-31(12-2)38(23-25(3)4)24-32(41)18-19-35(9,10)33-27(6)22-30(34(39)37-33)21-26(5)16-17-28(7)36/h16-17,22,25,29,31H,5,7,11-15,18-21,23-24H2,1-4,6,8-10H3,(H,37,39)/b17-16-/t29-,31-/m1/s1. The first-order chi connectivity index (χ1) is 19.2. The van der Waals surface area contributed by atoms with E-state index in [4.69, 9.17) is 17.0 Å². The van der Waals surface area contributed by atoms with Crippen LogP contribution in [0.1, 0.15) is 110 Å². The zero-order valence-corrected chi connectivity index (χ0v) is 28.0. The predicted octanol–water partition coefficient (Wildman–Crippen LogP) is 8.97. The number of aromatic amines is 1. The molecule has 0 aromatic carbocycles. The Morgan fingerprint density at radius 3 is 2.46 bits per heavy atom. The monoisotopic (exact) mass is 588 g/mol. The molecule has 41 heavy (non-hydrogen) atoms. The van der Waals surface area contributed by atoms with E-state index in [2.05, 4.69) is 71.5 Å². The van der Waals surface area contributed by atoms with Gasteiger partial charge in [0.25, 0.3) is 5.56 Å². The molecule has 0 unspecified atom stereocenters. The third-order valence-corrected chi connectivity index (χ3v) is 7.99. The van der Waals surface area contributed by atoms with Crippen molar-refractivity contribution in [2.45, 2.75) is 124 Å². The van der Waals surface area contributed by atoms with Crippen molar-refractivity contribution in [2.75, 3.05) is 19.7 Å². The summed E-state index contributed by atoms with van der Waals surface area (Å²) in [7, 11) is 0. The Labute approximate surface area is 255 Å². The van der Waals surface area contributed by atoms with Crippen LogP contribution in [0.4, 0.5) is 4.39 Å². The number of nitrogens with one attached hydrogen (secondary N) is 1. The van der Waals surface area contributed by atoms with Crippen LogP contribution < -0.4 is 5.56 Å². The highest BCUT2D eigenvalue weighted by Gasteiger charge is 2.26. The number of halogens is 1. The van der Waals surface area contributed by atoms with Gasteiger partial charge in [0.05, 0.1) is 6.10 Å². The summed E-state index contributed by atoms with van der Waals surface area (Å²) in [5.74, 6) is 0.0371. The maximum Gasteiger partial charge on any atom is 0.251 e. The summed E-state index contributed by atoms with van der Waals surface area (Å²) >= 11 is 5.96. The fourth-order valence-corrected chi connectivity index (χ4v) is 5.69. The number of hydrogen-bond acceptors (Lipinski definition) is 4. The lowest BCUT2D eigenvalue weighted by Crippen LogP contribution is -2.41. The molecule has 0 radical (unpaired) electrons. The maximum absolute atomic E-state index is 12.9. The third-order valence-electron chi connectivity index (χ3n) is 7.66. The third kappa shape index (κ3) is 14.2. The highest BCUT2D eigenvalue weighted by molar-refractivity contribution is 7.80. The van der Waals surface area contributed by atoms with Crippen LogP contribution in [-0.2, 0) is 16.6 Å². The van der Waals surface area contributed by atoms with Crippen LogP contribution >= 0.6 is 12.2 Å². The number of rotatable bonds is 21. The summed E-state index contributed by atoms with van der Waals surface area (Å²) in [4.78, 5) is 19.7. The number of aromatic nitrogens is 1. The van der Waals surface area contributed by atoms with Crippen LogP contribution in [0.25, 0.3) is 0 Å². The molecule has 0 bridgehead atoms. The van der Waals surface area contributed by atoms with Crippen LogP contribution in [0.15, 0.2) is 47.6 Å². The number of hydrogen-bond donors (Lipinski definition) is 1. The van der Waals surface area contributed by atoms with Gasteiger partial charge in [-0.25, -0.2) is 4.39 Å². The molecule has 0 aliphatic heterocycles. The van der Waals surface area contributed by atoms with Crippen molar-refractivity contribution >= 4 is 17.1 Å². The summed E-state index contributed by atoms with van der Waals surface area (Å²) in [5.41, 5.74) is 2.89. The molecule has 0 fully saturated rings. The quantitative estimate of drug-likeness (QED) is 0.115. The minimum atomic E-state index is -0.536. The van der Waals surface area contributed by atoms with Gasteiger partial charge in [-0.2, -0.15) is 0 Å². The summed E-state index contributed by atoms with van der Waals surface area (Å²) < 4.78 is 18.8. The number of nitrogens with zero attached hydrogens (tertiary/aromatic N) is 1. The molecule has 2 atom stereocenters. The van der Waals surface area contributed by atoms with Gasteiger partial charge in [0.2, 0.25) is 0 Å². The first kappa shape index (κ1) is 37.1. The summed E-state index contributed by atoms with van der Waals surface area (Å²) in [5, 5.41) is 0. The van der Waals surface area contributed by atoms with Crippen LogP contribution in [0.5, 0.6) is 0 Å². The normalized spacial score (nSPS) is 13.7. The molecule has 0 aliphatic carbocycles. The van der Waals surface area contributed by atoms with Crippen molar-refractivity contribution in [3.05, 3.63) is 70.0 Å². The topological polar surface area (TPSA) is 45.3 Å². The van der Waals surface area contributed by atoms with Gasteiger partial charge in [-0.1, -0.05) is 78.6 Å². The fraction of sp³-hybridized carbons (Fsp3) is 0.657. The van der Waals surface area contributed by atoms with Crippen molar-refractivity contribution in [2.24, 2.45) is 5.92 Å². The maximum atomic E-state index is 12.9. The van der Waals surface area contributed by atoms with E-state index >= 15 is 0 Å². The van der Waals surface area contributed by atoms with Gasteiger partial charge in [0.1, 0.15) is 5.83 Å². The average Bonchev–Trinajstić information content (AvgIpc) is 2.88. The molecule has 1 heterocycles. The van der Waals surface area contributed by atoms with E-state index in [-0.39, 0.29) is 11.0 Å². The second kappa shape index (κ2) is 18.6. The van der Waals surface area contributed by atoms with E-state index in [1.54, 1.807) is 6.08 Å². The summed E-state index contributed by atoms with van der Waals surface area (Å²) in [6, 6.07) is 2.45.